The number of pyridine rings is 1. The van der Waals surface area contributed by atoms with E-state index in [1.165, 1.54) is 0 Å². The lowest BCUT2D eigenvalue weighted by Gasteiger charge is -2.26. The molecule has 2 aromatic carbocycles. The molecule has 10 heteroatoms. The van der Waals surface area contributed by atoms with Crippen molar-refractivity contribution in [1.29, 1.82) is 0 Å². The first-order valence-corrected chi connectivity index (χ1v) is 12.9. The van der Waals surface area contributed by atoms with Crippen molar-refractivity contribution in [1.82, 2.24) is 20.3 Å². The fourth-order valence-electron chi connectivity index (χ4n) is 4.17. The number of amides is 1. The number of aromatic nitrogens is 3. The molecular formula is C29H34N6O4. The van der Waals surface area contributed by atoms with Gasteiger partial charge in [-0.1, -0.05) is 0 Å². The average molecular weight is 531 g/mol. The summed E-state index contributed by atoms with van der Waals surface area (Å²) in [7, 11) is 3.22. The molecule has 0 unspecified atom stereocenters. The second-order valence-electron chi connectivity index (χ2n) is 8.91. The lowest BCUT2D eigenvalue weighted by Crippen LogP contribution is -2.25. The highest BCUT2D eigenvalue weighted by Gasteiger charge is 2.15. The number of hydrogen-bond donors (Lipinski definition) is 3. The minimum absolute atomic E-state index is 0.0557. The minimum atomic E-state index is -0.238. The van der Waals surface area contributed by atoms with E-state index in [0.717, 1.165) is 35.3 Å². The molecule has 0 radical (unpaired) electrons. The Bertz CT molecular complexity index is 1390. The summed E-state index contributed by atoms with van der Waals surface area (Å²) < 4.78 is 10.9. The Morgan fingerprint density at radius 1 is 0.949 bits per heavy atom. The van der Waals surface area contributed by atoms with E-state index in [2.05, 4.69) is 20.2 Å². The van der Waals surface area contributed by atoms with E-state index in [1.807, 2.05) is 36.4 Å². The molecule has 10 nitrogen and oxygen atoms in total. The van der Waals surface area contributed by atoms with Crippen molar-refractivity contribution in [2.24, 2.45) is 5.73 Å². The topological polar surface area (TPSA) is 136 Å². The molecular weight excluding hydrogens is 496 g/mol. The van der Waals surface area contributed by atoms with Gasteiger partial charge in [0, 0.05) is 61.0 Å². The molecule has 0 aliphatic heterocycles. The Kier molecular flexibility index (Phi) is 9.60. The number of unbranched alkanes of at least 4 members (excludes halogenated alkanes) is 1. The van der Waals surface area contributed by atoms with E-state index >= 15 is 0 Å². The van der Waals surface area contributed by atoms with Crippen molar-refractivity contribution in [3.05, 3.63) is 66.6 Å². The zero-order valence-electron chi connectivity index (χ0n) is 22.3. The largest absolute Gasteiger partial charge is 0.497 e. The van der Waals surface area contributed by atoms with Crippen molar-refractivity contribution in [3.8, 4) is 22.8 Å². The number of nitrogens with two attached hydrogens (primary N) is 1. The Balaban J connectivity index is 1.66. The molecule has 4 N–H and O–H groups in total. The standard InChI is InChI=1S/C29H34N6O4/c1-38-23-15-22(16-24(18-23)39-2)35(12-5-13-36)21-6-7-25-26(17-21)34-28(19-33-25)20-8-11-31-27(14-20)29(37)32-10-4-3-9-30/h6-8,11,14-19,36H,3-5,9-10,12-13,30H2,1-2H3,(H,32,37). The first kappa shape index (κ1) is 27.7. The summed E-state index contributed by atoms with van der Waals surface area (Å²) >= 11 is 0. The van der Waals surface area contributed by atoms with Crippen molar-refractivity contribution >= 4 is 28.3 Å². The SMILES string of the molecule is COc1cc(OC)cc(N(CCCO)c2ccc3ncc(-c4ccnc(C(=O)NCCCCN)c4)nc3c2)c1. The van der Waals surface area contributed by atoms with Crippen LogP contribution in [0.4, 0.5) is 11.4 Å². The van der Waals surface area contributed by atoms with Crippen LogP contribution in [0.3, 0.4) is 0 Å². The third-order valence-electron chi connectivity index (χ3n) is 6.23. The number of rotatable bonds is 13. The van der Waals surface area contributed by atoms with Gasteiger partial charge in [-0.2, -0.15) is 0 Å². The number of fused-ring (bicyclic) bond motifs is 1. The van der Waals surface area contributed by atoms with E-state index in [1.54, 1.807) is 38.7 Å². The van der Waals surface area contributed by atoms with Crippen molar-refractivity contribution in [2.75, 3.05) is 45.4 Å². The number of benzene rings is 2. The van der Waals surface area contributed by atoms with Gasteiger partial charge < -0.3 is 30.5 Å². The molecule has 0 aliphatic carbocycles. The van der Waals surface area contributed by atoms with Crippen LogP contribution >= 0.6 is 0 Å². The fourth-order valence-corrected chi connectivity index (χ4v) is 4.17. The third-order valence-corrected chi connectivity index (χ3v) is 6.23. The van der Waals surface area contributed by atoms with Crippen molar-refractivity contribution < 1.29 is 19.4 Å². The monoisotopic (exact) mass is 530 g/mol. The first-order valence-electron chi connectivity index (χ1n) is 12.9. The van der Waals surface area contributed by atoms with Gasteiger partial charge >= 0.3 is 0 Å². The maximum absolute atomic E-state index is 12.6. The number of anilines is 2. The molecule has 0 saturated carbocycles. The van der Waals surface area contributed by atoms with E-state index in [-0.39, 0.29) is 12.5 Å². The first-order chi connectivity index (χ1) is 19.1. The van der Waals surface area contributed by atoms with E-state index in [4.69, 9.17) is 20.2 Å². The van der Waals surface area contributed by atoms with Crippen molar-refractivity contribution in [3.63, 3.8) is 0 Å². The van der Waals surface area contributed by atoms with Gasteiger partial charge in [-0.25, -0.2) is 4.98 Å². The zero-order valence-corrected chi connectivity index (χ0v) is 22.3. The van der Waals surface area contributed by atoms with Crippen LogP contribution in [-0.2, 0) is 0 Å². The van der Waals surface area contributed by atoms with Gasteiger partial charge in [0.25, 0.3) is 5.91 Å². The maximum atomic E-state index is 12.6. The number of aliphatic hydroxyl groups excluding tert-OH is 1. The van der Waals surface area contributed by atoms with Crippen LogP contribution in [0, 0.1) is 0 Å². The number of carbonyl (C=O) groups is 1. The number of nitrogens with zero attached hydrogens (tertiary/aromatic N) is 4. The van der Waals surface area contributed by atoms with E-state index in [9.17, 15) is 9.90 Å². The van der Waals surface area contributed by atoms with E-state index in [0.29, 0.717) is 54.5 Å². The highest BCUT2D eigenvalue weighted by molar-refractivity contribution is 5.93. The summed E-state index contributed by atoms with van der Waals surface area (Å²) in [5.41, 5.74) is 10.4. The van der Waals surface area contributed by atoms with Gasteiger partial charge in [-0.15, -0.1) is 0 Å². The second kappa shape index (κ2) is 13.5. The van der Waals surface area contributed by atoms with Gasteiger partial charge in [0.05, 0.1) is 37.1 Å². The molecule has 4 aromatic rings. The molecule has 2 heterocycles. The lowest BCUT2D eigenvalue weighted by atomic mass is 10.1. The predicted molar refractivity (Wildman–Crippen MR) is 152 cm³/mol. The molecule has 1 amide bonds. The summed E-state index contributed by atoms with van der Waals surface area (Å²) in [5.74, 6) is 1.09. The summed E-state index contributed by atoms with van der Waals surface area (Å²) in [6, 6.07) is 15.0. The molecule has 0 fully saturated rings. The highest BCUT2D eigenvalue weighted by Crippen LogP contribution is 2.34. The van der Waals surface area contributed by atoms with Gasteiger partial charge in [-0.05, 0) is 56.1 Å². The van der Waals surface area contributed by atoms with Crippen LogP contribution < -0.4 is 25.4 Å². The molecule has 0 spiro atoms. The smallest absolute Gasteiger partial charge is 0.269 e. The van der Waals surface area contributed by atoms with Gasteiger partial charge in [0.15, 0.2) is 0 Å². The number of ether oxygens (including phenoxy) is 2. The molecule has 4 rings (SSSR count). The Morgan fingerprint density at radius 2 is 1.74 bits per heavy atom. The van der Waals surface area contributed by atoms with Crippen LogP contribution in [0.5, 0.6) is 11.5 Å². The van der Waals surface area contributed by atoms with Gasteiger partial charge in [0.1, 0.15) is 17.2 Å². The Hall–Kier alpha value is -4.28. The van der Waals surface area contributed by atoms with E-state index < -0.39 is 0 Å². The van der Waals surface area contributed by atoms with Crippen LogP contribution in [0.15, 0.2) is 60.9 Å². The third kappa shape index (κ3) is 6.98. The summed E-state index contributed by atoms with van der Waals surface area (Å²) in [5, 5.41) is 12.4. The maximum Gasteiger partial charge on any atom is 0.269 e. The minimum Gasteiger partial charge on any atom is -0.497 e. The average Bonchev–Trinajstić information content (AvgIpc) is 2.98. The number of hydrogen-bond acceptors (Lipinski definition) is 9. The number of methoxy groups -OCH3 is 2. The fraction of sp³-hybridized carbons (Fsp3) is 0.310. The quantitative estimate of drug-likeness (QED) is 0.221. The Morgan fingerprint density at radius 3 is 2.46 bits per heavy atom. The summed E-state index contributed by atoms with van der Waals surface area (Å²) in [4.78, 5) is 28.3. The lowest BCUT2D eigenvalue weighted by molar-refractivity contribution is 0.0948. The predicted octanol–water partition coefficient (Wildman–Crippen LogP) is 3.70. The number of nitrogens with one attached hydrogen (secondary N) is 1. The van der Waals surface area contributed by atoms with Crippen molar-refractivity contribution in [2.45, 2.75) is 19.3 Å². The number of carbonyl (C=O) groups excluding carboxylic acids is 1. The Labute approximate surface area is 227 Å². The summed E-state index contributed by atoms with van der Waals surface area (Å²) in [6.07, 6.45) is 5.52. The van der Waals surface area contributed by atoms with Crippen LogP contribution in [0.25, 0.3) is 22.3 Å². The molecule has 0 aliphatic rings. The molecule has 0 bridgehead atoms. The van der Waals surface area contributed by atoms with Crippen LogP contribution in [-0.4, -0.2) is 66.4 Å². The normalized spacial score (nSPS) is 10.9. The molecule has 0 atom stereocenters. The molecule has 204 valence electrons. The molecule has 0 saturated heterocycles. The van der Waals surface area contributed by atoms with Crippen LogP contribution in [0.2, 0.25) is 0 Å². The summed E-state index contributed by atoms with van der Waals surface area (Å²) in [6.45, 7) is 1.77. The van der Waals surface area contributed by atoms with Crippen LogP contribution in [0.1, 0.15) is 29.8 Å². The van der Waals surface area contributed by atoms with Gasteiger partial charge in [0.2, 0.25) is 0 Å². The highest BCUT2D eigenvalue weighted by atomic mass is 16.5. The van der Waals surface area contributed by atoms with Gasteiger partial charge in [-0.3, -0.25) is 14.8 Å². The molecule has 39 heavy (non-hydrogen) atoms. The molecule has 2 aromatic heterocycles. The number of aliphatic hydroxyl groups is 1. The zero-order chi connectivity index (χ0) is 27.6. The second-order valence-corrected chi connectivity index (χ2v) is 8.91.